The number of hydrogen-bond acceptors (Lipinski definition) is 2. The van der Waals surface area contributed by atoms with Gasteiger partial charge in [-0.25, -0.2) is 0 Å². The number of ether oxygens (including phenoxy) is 1. The van der Waals surface area contributed by atoms with E-state index in [0.717, 1.165) is 14.7 Å². The standard InChI is InChI=1S/C13H10Br2N2O/c14-8-2-1-3-9(6-8)18-10-4-5-11(13(16)17)12(15)7-10/h1-7H,(H3,16,17). The monoisotopic (exact) mass is 368 g/mol. The molecule has 0 radical (unpaired) electrons. The van der Waals surface area contributed by atoms with E-state index < -0.39 is 0 Å². The summed E-state index contributed by atoms with van der Waals surface area (Å²) in [5.74, 6) is 1.45. The van der Waals surface area contributed by atoms with E-state index in [4.69, 9.17) is 15.9 Å². The topological polar surface area (TPSA) is 59.1 Å². The highest BCUT2D eigenvalue weighted by atomic mass is 79.9. The highest BCUT2D eigenvalue weighted by Gasteiger charge is 2.05. The Hall–Kier alpha value is -1.33. The van der Waals surface area contributed by atoms with Crippen molar-refractivity contribution >= 4 is 37.7 Å². The first kappa shape index (κ1) is 13.1. The second-order valence-electron chi connectivity index (χ2n) is 3.61. The van der Waals surface area contributed by atoms with Gasteiger partial charge in [-0.3, -0.25) is 5.41 Å². The molecule has 0 aromatic heterocycles. The van der Waals surface area contributed by atoms with Gasteiger partial charge in [-0.2, -0.15) is 0 Å². The molecule has 0 aliphatic rings. The van der Waals surface area contributed by atoms with Crippen LogP contribution in [0.5, 0.6) is 11.5 Å². The largest absolute Gasteiger partial charge is 0.457 e. The lowest BCUT2D eigenvalue weighted by Crippen LogP contribution is -2.11. The maximum Gasteiger partial charge on any atom is 0.128 e. The van der Waals surface area contributed by atoms with Crippen LogP contribution < -0.4 is 10.5 Å². The lowest BCUT2D eigenvalue weighted by Gasteiger charge is -2.08. The molecule has 3 nitrogen and oxygen atoms in total. The van der Waals surface area contributed by atoms with Gasteiger partial charge in [0.25, 0.3) is 0 Å². The molecule has 2 aromatic carbocycles. The van der Waals surface area contributed by atoms with Crippen molar-refractivity contribution in [1.29, 1.82) is 5.41 Å². The van der Waals surface area contributed by atoms with E-state index in [1.165, 1.54) is 0 Å². The summed E-state index contributed by atoms with van der Waals surface area (Å²) < 4.78 is 7.40. The van der Waals surface area contributed by atoms with E-state index in [0.29, 0.717) is 11.3 Å². The van der Waals surface area contributed by atoms with Crippen LogP contribution in [0.3, 0.4) is 0 Å². The SMILES string of the molecule is N=C(N)c1ccc(Oc2cccc(Br)c2)cc1Br. The molecule has 92 valence electrons. The maximum atomic E-state index is 7.40. The quantitative estimate of drug-likeness (QED) is 0.626. The molecule has 0 heterocycles. The van der Waals surface area contributed by atoms with Gasteiger partial charge in [0.05, 0.1) is 0 Å². The van der Waals surface area contributed by atoms with E-state index in [9.17, 15) is 0 Å². The fraction of sp³-hybridized carbons (Fsp3) is 0. The number of nitrogen functional groups attached to an aromatic ring is 1. The Morgan fingerprint density at radius 1 is 1.06 bits per heavy atom. The van der Waals surface area contributed by atoms with Gasteiger partial charge >= 0.3 is 0 Å². The molecule has 0 spiro atoms. The van der Waals surface area contributed by atoms with Crippen LogP contribution in [0.1, 0.15) is 5.56 Å². The van der Waals surface area contributed by atoms with Crippen LogP contribution in [0.2, 0.25) is 0 Å². The summed E-state index contributed by atoms with van der Waals surface area (Å²) >= 11 is 6.75. The van der Waals surface area contributed by atoms with E-state index in [2.05, 4.69) is 31.9 Å². The third-order valence-electron chi connectivity index (χ3n) is 2.26. The minimum Gasteiger partial charge on any atom is -0.457 e. The van der Waals surface area contributed by atoms with E-state index in [-0.39, 0.29) is 5.84 Å². The van der Waals surface area contributed by atoms with Gasteiger partial charge in [0.15, 0.2) is 0 Å². The number of amidine groups is 1. The minimum atomic E-state index is 0.0240. The smallest absolute Gasteiger partial charge is 0.128 e. The summed E-state index contributed by atoms with van der Waals surface area (Å²) in [6.45, 7) is 0. The number of nitrogens with one attached hydrogen (secondary N) is 1. The van der Waals surface area contributed by atoms with Gasteiger partial charge in [0.1, 0.15) is 17.3 Å². The van der Waals surface area contributed by atoms with Crippen molar-refractivity contribution < 1.29 is 4.74 Å². The van der Waals surface area contributed by atoms with Gasteiger partial charge in [-0.15, -0.1) is 0 Å². The number of nitrogens with two attached hydrogens (primary N) is 1. The molecule has 0 aliphatic carbocycles. The normalized spacial score (nSPS) is 10.1. The van der Waals surface area contributed by atoms with Gasteiger partial charge in [0.2, 0.25) is 0 Å². The molecule has 5 heteroatoms. The van der Waals surface area contributed by atoms with Crippen LogP contribution in [0.15, 0.2) is 51.4 Å². The lowest BCUT2D eigenvalue weighted by atomic mass is 10.2. The number of hydrogen-bond donors (Lipinski definition) is 2. The molecule has 0 amide bonds. The number of rotatable bonds is 3. The molecule has 0 atom stereocenters. The van der Waals surface area contributed by atoms with E-state index in [1.54, 1.807) is 18.2 Å². The summed E-state index contributed by atoms with van der Waals surface area (Å²) in [5, 5.41) is 7.40. The molecule has 0 fully saturated rings. The zero-order valence-electron chi connectivity index (χ0n) is 9.28. The first-order valence-corrected chi connectivity index (χ1v) is 6.72. The van der Waals surface area contributed by atoms with Gasteiger partial charge < -0.3 is 10.5 Å². The summed E-state index contributed by atoms with van der Waals surface area (Å²) in [6.07, 6.45) is 0. The summed E-state index contributed by atoms with van der Waals surface area (Å²) in [7, 11) is 0. The zero-order valence-corrected chi connectivity index (χ0v) is 12.5. The predicted octanol–water partition coefficient (Wildman–Crippen LogP) is 4.29. The van der Waals surface area contributed by atoms with Gasteiger partial charge in [-0.05, 0) is 52.3 Å². The molecule has 0 unspecified atom stereocenters. The number of halogens is 2. The summed E-state index contributed by atoms with van der Waals surface area (Å²) in [6, 6.07) is 12.9. The Labute approximate surface area is 122 Å². The fourth-order valence-corrected chi connectivity index (χ4v) is 2.39. The molecule has 3 N–H and O–H groups in total. The van der Waals surface area contributed by atoms with Crippen LogP contribution in [-0.2, 0) is 0 Å². The predicted molar refractivity (Wildman–Crippen MR) is 79.4 cm³/mol. The molecule has 0 saturated heterocycles. The van der Waals surface area contributed by atoms with Crippen molar-refractivity contribution in [2.75, 3.05) is 0 Å². The molecule has 0 bridgehead atoms. The zero-order chi connectivity index (χ0) is 13.1. The summed E-state index contributed by atoms with van der Waals surface area (Å²) in [4.78, 5) is 0. The van der Waals surface area contributed by atoms with Crippen molar-refractivity contribution in [3.05, 3.63) is 57.0 Å². The molecule has 2 rings (SSSR count). The molecule has 0 saturated carbocycles. The Balaban J connectivity index is 2.25. The molecule has 0 aliphatic heterocycles. The number of benzene rings is 2. The Bertz CT molecular complexity index is 599. The van der Waals surface area contributed by atoms with Crippen molar-refractivity contribution in [2.24, 2.45) is 5.73 Å². The lowest BCUT2D eigenvalue weighted by molar-refractivity contribution is 0.482. The average molecular weight is 370 g/mol. The second-order valence-corrected chi connectivity index (χ2v) is 5.38. The second kappa shape index (κ2) is 5.54. The molecule has 18 heavy (non-hydrogen) atoms. The van der Waals surface area contributed by atoms with Crippen molar-refractivity contribution in [3.63, 3.8) is 0 Å². The van der Waals surface area contributed by atoms with Crippen molar-refractivity contribution in [3.8, 4) is 11.5 Å². The Morgan fingerprint density at radius 2 is 1.78 bits per heavy atom. The third kappa shape index (κ3) is 3.11. The summed E-state index contributed by atoms with van der Waals surface area (Å²) in [5.41, 5.74) is 6.09. The average Bonchev–Trinajstić information content (AvgIpc) is 2.28. The molecular weight excluding hydrogens is 360 g/mol. The van der Waals surface area contributed by atoms with Crippen LogP contribution >= 0.6 is 31.9 Å². The Kier molecular flexibility index (Phi) is 4.04. The highest BCUT2D eigenvalue weighted by molar-refractivity contribution is 9.10. The van der Waals surface area contributed by atoms with E-state index in [1.807, 2.05) is 24.3 Å². The first-order chi connectivity index (χ1) is 8.56. The van der Waals surface area contributed by atoms with Gasteiger partial charge in [0, 0.05) is 14.5 Å². The molecular formula is C13H10Br2N2O. The third-order valence-corrected chi connectivity index (χ3v) is 3.41. The van der Waals surface area contributed by atoms with Gasteiger partial charge in [-0.1, -0.05) is 22.0 Å². The van der Waals surface area contributed by atoms with Crippen molar-refractivity contribution in [2.45, 2.75) is 0 Å². The van der Waals surface area contributed by atoms with Crippen LogP contribution in [0.25, 0.3) is 0 Å². The first-order valence-electron chi connectivity index (χ1n) is 5.13. The molecule has 2 aromatic rings. The minimum absolute atomic E-state index is 0.0240. The fourth-order valence-electron chi connectivity index (χ4n) is 1.44. The van der Waals surface area contributed by atoms with Crippen LogP contribution in [0.4, 0.5) is 0 Å². The Morgan fingerprint density at radius 3 is 2.39 bits per heavy atom. The van der Waals surface area contributed by atoms with Crippen molar-refractivity contribution in [1.82, 2.24) is 0 Å². The van der Waals surface area contributed by atoms with Crippen LogP contribution in [-0.4, -0.2) is 5.84 Å². The van der Waals surface area contributed by atoms with E-state index >= 15 is 0 Å². The van der Waals surface area contributed by atoms with Crippen LogP contribution in [0, 0.1) is 5.41 Å². The maximum absolute atomic E-state index is 7.40. The highest BCUT2D eigenvalue weighted by Crippen LogP contribution is 2.28.